The van der Waals surface area contributed by atoms with E-state index in [9.17, 15) is 34.2 Å². The summed E-state index contributed by atoms with van der Waals surface area (Å²) >= 11 is 0. The molecule has 0 saturated heterocycles. The van der Waals surface area contributed by atoms with Crippen LogP contribution in [0, 0.1) is 0 Å². The molecule has 5 unspecified atom stereocenters. The normalized spacial score (nSPS) is 14.8. The zero-order valence-electron chi connectivity index (χ0n) is 21.0. The van der Waals surface area contributed by atoms with Gasteiger partial charge in [0, 0.05) is 13.0 Å². The number of unbranched alkanes of at least 4 members (excludes halogenated alkanes) is 1. The summed E-state index contributed by atoms with van der Waals surface area (Å²) < 4.78 is 0. The Bertz CT molecular complexity index is 803. The fraction of sp³-hybridized carbons (Fsp3) is 0.714. The molecule has 0 spiro atoms. The topological polar surface area (TPSA) is 304 Å². The Balaban J connectivity index is 5.64. The van der Waals surface area contributed by atoms with E-state index in [0.29, 0.717) is 19.4 Å². The SMILES string of the molecule is CC(O)C(N)C(=O)NC(CCCN=C(N)N)C(=O)NC(CCCCN)C(=O)NC(CCC(N)=O)C(=O)O. The molecule has 0 heterocycles. The molecule has 0 aromatic heterocycles. The second-order valence-electron chi connectivity index (χ2n) is 8.53. The van der Waals surface area contributed by atoms with Crippen molar-refractivity contribution in [3.63, 3.8) is 0 Å². The molecule has 37 heavy (non-hydrogen) atoms. The molecule has 0 aromatic carbocycles. The Morgan fingerprint density at radius 1 is 0.811 bits per heavy atom. The summed E-state index contributed by atoms with van der Waals surface area (Å²) in [4.78, 5) is 64.7. The van der Waals surface area contributed by atoms with Gasteiger partial charge in [0.15, 0.2) is 5.96 Å². The van der Waals surface area contributed by atoms with Crippen molar-refractivity contribution in [2.75, 3.05) is 13.1 Å². The molecule has 0 fully saturated rings. The molecule has 16 nitrogen and oxygen atoms in total. The monoisotopic (exact) mass is 531 g/mol. The summed E-state index contributed by atoms with van der Waals surface area (Å²) in [7, 11) is 0. The van der Waals surface area contributed by atoms with Crippen LogP contribution in [0.15, 0.2) is 4.99 Å². The number of amides is 4. The average molecular weight is 532 g/mol. The van der Waals surface area contributed by atoms with Gasteiger partial charge < -0.3 is 54.8 Å². The van der Waals surface area contributed by atoms with Gasteiger partial charge in [-0.05, 0) is 52.0 Å². The smallest absolute Gasteiger partial charge is 0.326 e. The van der Waals surface area contributed by atoms with Crippen LogP contribution < -0.4 is 44.6 Å². The number of aliphatic carboxylic acids is 1. The van der Waals surface area contributed by atoms with E-state index in [-0.39, 0.29) is 44.6 Å². The Morgan fingerprint density at radius 2 is 1.32 bits per heavy atom. The highest BCUT2D eigenvalue weighted by Gasteiger charge is 2.30. The van der Waals surface area contributed by atoms with Crippen LogP contribution in [0.3, 0.4) is 0 Å². The third-order valence-corrected chi connectivity index (χ3v) is 5.27. The van der Waals surface area contributed by atoms with Gasteiger partial charge in [0.2, 0.25) is 23.6 Å². The number of primary amides is 1. The number of aliphatic hydroxyl groups excluding tert-OH is 1. The van der Waals surface area contributed by atoms with Crippen LogP contribution in [0.5, 0.6) is 0 Å². The van der Waals surface area contributed by atoms with Gasteiger partial charge in [0.1, 0.15) is 24.2 Å². The lowest BCUT2D eigenvalue weighted by molar-refractivity contribution is -0.142. The molecular weight excluding hydrogens is 490 g/mol. The molecule has 0 bridgehead atoms. The zero-order chi connectivity index (χ0) is 28.5. The van der Waals surface area contributed by atoms with Crippen LogP contribution in [0.25, 0.3) is 0 Å². The summed E-state index contributed by atoms with van der Waals surface area (Å²) in [5.74, 6) is -4.59. The second-order valence-corrected chi connectivity index (χ2v) is 8.53. The van der Waals surface area contributed by atoms with Crippen molar-refractivity contribution in [1.29, 1.82) is 0 Å². The number of aliphatic imine (C=N–C) groups is 1. The number of nitrogens with one attached hydrogen (secondary N) is 3. The lowest BCUT2D eigenvalue weighted by Crippen LogP contribution is -2.58. The van der Waals surface area contributed by atoms with E-state index in [1.165, 1.54) is 6.92 Å². The molecule has 212 valence electrons. The van der Waals surface area contributed by atoms with Gasteiger partial charge in [-0.2, -0.15) is 0 Å². The number of carbonyl (C=O) groups excluding carboxylic acids is 4. The summed E-state index contributed by atoms with van der Waals surface area (Å²) in [5.41, 5.74) is 26.8. The molecule has 0 aliphatic carbocycles. The quantitative estimate of drug-likeness (QED) is 0.0431. The summed E-state index contributed by atoms with van der Waals surface area (Å²) in [6.07, 6.45) is -0.261. The van der Waals surface area contributed by atoms with Gasteiger partial charge in [-0.15, -0.1) is 0 Å². The number of hydrogen-bond acceptors (Lipinski definition) is 9. The van der Waals surface area contributed by atoms with E-state index in [1.54, 1.807) is 0 Å². The van der Waals surface area contributed by atoms with Crippen LogP contribution in [-0.4, -0.2) is 89.1 Å². The van der Waals surface area contributed by atoms with Crippen LogP contribution in [0.1, 0.15) is 51.9 Å². The molecule has 0 radical (unpaired) electrons. The first kappa shape index (κ1) is 33.5. The molecule has 0 saturated carbocycles. The minimum atomic E-state index is -1.41. The lowest BCUT2D eigenvalue weighted by atomic mass is 10.0. The molecule has 0 aliphatic rings. The number of guanidine groups is 1. The maximum absolute atomic E-state index is 13.1. The van der Waals surface area contributed by atoms with Crippen LogP contribution in [-0.2, 0) is 24.0 Å². The maximum Gasteiger partial charge on any atom is 0.326 e. The van der Waals surface area contributed by atoms with Crippen molar-refractivity contribution in [1.82, 2.24) is 16.0 Å². The number of carbonyl (C=O) groups is 5. The van der Waals surface area contributed by atoms with Gasteiger partial charge in [0.05, 0.1) is 6.10 Å². The second kappa shape index (κ2) is 17.9. The predicted octanol–water partition coefficient (Wildman–Crippen LogP) is -4.32. The van der Waals surface area contributed by atoms with Crippen molar-refractivity contribution >= 4 is 35.6 Å². The van der Waals surface area contributed by atoms with E-state index in [2.05, 4.69) is 20.9 Å². The van der Waals surface area contributed by atoms with E-state index in [0.717, 1.165) is 0 Å². The van der Waals surface area contributed by atoms with Crippen molar-refractivity contribution < 1.29 is 34.2 Å². The average Bonchev–Trinajstić information content (AvgIpc) is 2.81. The molecule has 0 rings (SSSR count). The fourth-order valence-electron chi connectivity index (χ4n) is 3.11. The fourth-order valence-corrected chi connectivity index (χ4v) is 3.11. The largest absolute Gasteiger partial charge is 0.480 e. The van der Waals surface area contributed by atoms with Gasteiger partial charge in [-0.1, -0.05) is 0 Å². The van der Waals surface area contributed by atoms with Crippen LogP contribution in [0.2, 0.25) is 0 Å². The zero-order valence-corrected chi connectivity index (χ0v) is 21.0. The molecule has 16 heteroatoms. The molecular formula is C21H41N9O7. The van der Waals surface area contributed by atoms with Gasteiger partial charge in [0.25, 0.3) is 0 Å². The minimum absolute atomic E-state index is 0.0639. The van der Waals surface area contributed by atoms with E-state index >= 15 is 0 Å². The summed E-state index contributed by atoms with van der Waals surface area (Å²) in [5, 5.41) is 26.2. The Hall–Kier alpha value is -3.50. The third kappa shape index (κ3) is 14.6. The first-order chi connectivity index (χ1) is 17.3. The predicted molar refractivity (Wildman–Crippen MR) is 134 cm³/mol. The minimum Gasteiger partial charge on any atom is -0.480 e. The molecule has 4 amide bonds. The van der Waals surface area contributed by atoms with E-state index < -0.39 is 59.9 Å². The number of carboxylic acids is 1. The Morgan fingerprint density at radius 3 is 1.78 bits per heavy atom. The first-order valence-corrected chi connectivity index (χ1v) is 11.9. The van der Waals surface area contributed by atoms with Crippen molar-refractivity contribution in [2.45, 2.75) is 82.1 Å². The number of carboxylic acid groups (broad SMARTS) is 1. The Labute approximate surface area is 215 Å². The van der Waals surface area contributed by atoms with Crippen molar-refractivity contribution in [3.8, 4) is 0 Å². The third-order valence-electron chi connectivity index (χ3n) is 5.27. The maximum atomic E-state index is 13.1. The molecule has 0 aromatic rings. The summed E-state index contributed by atoms with van der Waals surface area (Å²) in [6, 6.07) is -5.05. The van der Waals surface area contributed by atoms with Gasteiger partial charge in [-0.3, -0.25) is 24.2 Å². The molecule has 0 aliphatic heterocycles. The lowest BCUT2D eigenvalue weighted by Gasteiger charge is -2.25. The van der Waals surface area contributed by atoms with Crippen LogP contribution >= 0.6 is 0 Å². The number of hydrogen-bond donors (Lipinski definition) is 10. The van der Waals surface area contributed by atoms with E-state index in [4.69, 9.17) is 28.7 Å². The highest BCUT2D eigenvalue weighted by atomic mass is 16.4. The highest BCUT2D eigenvalue weighted by Crippen LogP contribution is 2.07. The van der Waals surface area contributed by atoms with Gasteiger partial charge in [-0.25, -0.2) is 4.79 Å². The number of nitrogens with zero attached hydrogens (tertiary/aromatic N) is 1. The standard InChI is InChI=1S/C21H41N9O7/c1-11(31)16(24)19(35)29-13(6-4-10-27-21(25)26)17(33)28-12(5-2-3-9-22)18(34)30-14(20(36)37)7-8-15(23)32/h11-14,16,31H,2-10,22,24H2,1H3,(H2,23,32)(H,28,33)(H,29,35)(H,30,34)(H,36,37)(H4,25,26,27). The van der Waals surface area contributed by atoms with E-state index in [1.807, 2.05) is 0 Å². The molecule has 5 atom stereocenters. The summed E-state index contributed by atoms with van der Waals surface area (Å²) in [6.45, 7) is 1.80. The Kier molecular flexibility index (Phi) is 16.2. The number of rotatable bonds is 19. The molecule has 15 N–H and O–H groups in total. The van der Waals surface area contributed by atoms with Crippen molar-refractivity contribution in [3.05, 3.63) is 0 Å². The number of nitrogens with two attached hydrogens (primary N) is 5. The van der Waals surface area contributed by atoms with Crippen LogP contribution in [0.4, 0.5) is 0 Å². The first-order valence-electron chi connectivity index (χ1n) is 11.9. The number of aliphatic hydroxyl groups is 1. The highest BCUT2D eigenvalue weighted by molar-refractivity contribution is 5.94. The van der Waals surface area contributed by atoms with Crippen molar-refractivity contribution in [2.24, 2.45) is 33.7 Å². The van der Waals surface area contributed by atoms with Gasteiger partial charge >= 0.3 is 5.97 Å².